The third kappa shape index (κ3) is 2.98. The van der Waals surface area contributed by atoms with Gasteiger partial charge in [-0.15, -0.1) is 0 Å². The van der Waals surface area contributed by atoms with Crippen LogP contribution in [0, 0.1) is 0 Å². The van der Waals surface area contributed by atoms with Gasteiger partial charge in [0.25, 0.3) is 0 Å². The third-order valence-electron chi connectivity index (χ3n) is 1.30. The summed E-state index contributed by atoms with van der Waals surface area (Å²) in [6.45, 7) is 0.453. The first kappa shape index (κ1) is 7.98. The van der Waals surface area contributed by atoms with Crippen molar-refractivity contribution in [3.05, 3.63) is 42.0 Å². The minimum atomic E-state index is 0.453. The van der Waals surface area contributed by atoms with Crippen LogP contribution in [0.4, 0.5) is 0 Å². The average Bonchev–Trinajstić information content (AvgIpc) is 2.07. The minimum absolute atomic E-state index is 0.453. The van der Waals surface area contributed by atoms with Crippen molar-refractivity contribution in [3.8, 4) is 0 Å². The van der Waals surface area contributed by atoms with Crippen molar-refractivity contribution in [1.29, 1.82) is 0 Å². The molecule has 0 bridgehead atoms. The van der Waals surface area contributed by atoms with Crippen LogP contribution in [0.1, 0.15) is 5.56 Å². The molecule has 0 unspecified atom stereocenters. The quantitative estimate of drug-likeness (QED) is 0.662. The summed E-state index contributed by atoms with van der Waals surface area (Å²) in [6.07, 6.45) is 3.84. The van der Waals surface area contributed by atoms with Crippen LogP contribution in [0.5, 0.6) is 0 Å². The summed E-state index contributed by atoms with van der Waals surface area (Å²) in [7, 11) is 0. The molecule has 1 rings (SSSR count). The second-order valence-corrected chi connectivity index (χ2v) is 2.15. The largest absolute Gasteiger partial charge is 0.300 e. The monoisotopic (exact) mass is 149 g/mol. The summed E-state index contributed by atoms with van der Waals surface area (Å²) in [5.74, 6) is 4.84. The molecule has 1 aromatic carbocycles. The van der Waals surface area contributed by atoms with Gasteiger partial charge in [-0.3, -0.25) is 0 Å². The lowest BCUT2D eigenvalue weighted by Gasteiger charge is -1.90. The van der Waals surface area contributed by atoms with Crippen LogP contribution in [-0.2, 0) is 4.84 Å². The highest BCUT2D eigenvalue weighted by molar-refractivity contribution is 5.48. The predicted molar refractivity (Wildman–Crippen MR) is 45.6 cm³/mol. The molecule has 0 saturated heterocycles. The van der Waals surface area contributed by atoms with Gasteiger partial charge in [0, 0.05) is 0 Å². The molecule has 0 spiro atoms. The molecule has 2 nitrogen and oxygen atoms in total. The maximum absolute atomic E-state index is 4.84. The van der Waals surface area contributed by atoms with Crippen LogP contribution in [0.3, 0.4) is 0 Å². The van der Waals surface area contributed by atoms with Crippen molar-refractivity contribution < 1.29 is 4.84 Å². The van der Waals surface area contributed by atoms with Crippen LogP contribution >= 0.6 is 0 Å². The lowest BCUT2D eigenvalue weighted by Crippen LogP contribution is -1.96. The van der Waals surface area contributed by atoms with Gasteiger partial charge in [-0.2, -0.15) is 0 Å². The van der Waals surface area contributed by atoms with Gasteiger partial charge in [0.15, 0.2) is 0 Å². The first-order valence-electron chi connectivity index (χ1n) is 3.47. The number of hydrogen-bond donors (Lipinski definition) is 1. The van der Waals surface area contributed by atoms with Crippen molar-refractivity contribution in [2.45, 2.75) is 0 Å². The van der Waals surface area contributed by atoms with Crippen molar-refractivity contribution in [2.75, 3.05) is 6.61 Å². The molecule has 0 aliphatic heterocycles. The van der Waals surface area contributed by atoms with E-state index in [2.05, 4.69) is 4.84 Å². The number of nitrogens with two attached hydrogens (primary N) is 1. The zero-order chi connectivity index (χ0) is 7.94. The van der Waals surface area contributed by atoms with E-state index >= 15 is 0 Å². The maximum Gasteiger partial charge on any atom is 0.0864 e. The van der Waals surface area contributed by atoms with Crippen molar-refractivity contribution in [2.24, 2.45) is 5.90 Å². The van der Waals surface area contributed by atoms with Crippen molar-refractivity contribution in [3.63, 3.8) is 0 Å². The Morgan fingerprint density at radius 2 is 2.00 bits per heavy atom. The van der Waals surface area contributed by atoms with E-state index in [0.717, 1.165) is 5.56 Å². The fourth-order valence-corrected chi connectivity index (χ4v) is 0.804. The fraction of sp³-hybridized carbons (Fsp3) is 0.111. The highest BCUT2D eigenvalue weighted by Crippen LogP contribution is 1.99. The SMILES string of the molecule is NOC/C=C/c1ccccc1. The molecule has 11 heavy (non-hydrogen) atoms. The fourth-order valence-electron chi connectivity index (χ4n) is 0.804. The lowest BCUT2D eigenvalue weighted by molar-refractivity contribution is 0.168. The second-order valence-electron chi connectivity index (χ2n) is 2.15. The Kier molecular flexibility index (Phi) is 3.38. The standard InChI is InChI=1S/C9H11NO/c10-11-8-4-7-9-5-2-1-3-6-9/h1-7H,8,10H2/b7-4+. The van der Waals surface area contributed by atoms with Crippen LogP contribution in [0.15, 0.2) is 36.4 Å². The number of rotatable bonds is 3. The van der Waals surface area contributed by atoms with E-state index in [1.807, 2.05) is 42.5 Å². The highest BCUT2D eigenvalue weighted by Gasteiger charge is 1.80. The summed E-state index contributed by atoms with van der Waals surface area (Å²) in [5.41, 5.74) is 1.16. The molecule has 0 atom stereocenters. The van der Waals surface area contributed by atoms with Crippen LogP contribution in [0.25, 0.3) is 6.08 Å². The summed E-state index contributed by atoms with van der Waals surface area (Å²) in [4.78, 5) is 4.38. The van der Waals surface area contributed by atoms with Crippen LogP contribution in [-0.4, -0.2) is 6.61 Å². The third-order valence-corrected chi connectivity index (χ3v) is 1.30. The molecule has 0 aromatic heterocycles. The molecule has 2 N–H and O–H groups in total. The average molecular weight is 149 g/mol. The first-order chi connectivity index (χ1) is 5.43. The Balaban J connectivity index is 2.50. The van der Waals surface area contributed by atoms with Gasteiger partial charge in [0.2, 0.25) is 0 Å². The zero-order valence-corrected chi connectivity index (χ0v) is 6.23. The summed E-state index contributed by atoms with van der Waals surface area (Å²) in [5, 5.41) is 0. The number of hydrogen-bond acceptors (Lipinski definition) is 2. The molecule has 0 fully saturated rings. The summed E-state index contributed by atoms with van der Waals surface area (Å²) < 4.78 is 0. The van der Waals surface area contributed by atoms with E-state index in [9.17, 15) is 0 Å². The van der Waals surface area contributed by atoms with E-state index < -0.39 is 0 Å². The van der Waals surface area contributed by atoms with E-state index in [-0.39, 0.29) is 0 Å². The van der Waals surface area contributed by atoms with E-state index in [0.29, 0.717) is 6.61 Å². The van der Waals surface area contributed by atoms with Gasteiger partial charge in [-0.25, -0.2) is 5.90 Å². The van der Waals surface area contributed by atoms with Crippen molar-refractivity contribution >= 4 is 6.08 Å². The minimum Gasteiger partial charge on any atom is -0.300 e. The smallest absolute Gasteiger partial charge is 0.0864 e. The Morgan fingerprint density at radius 1 is 1.27 bits per heavy atom. The van der Waals surface area contributed by atoms with E-state index in [4.69, 9.17) is 5.90 Å². The molecule has 0 amide bonds. The zero-order valence-electron chi connectivity index (χ0n) is 6.23. The Labute approximate surface area is 66.2 Å². The first-order valence-corrected chi connectivity index (χ1v) is 3.47. The molecule has 58 valence electrons. The van der Waals surface area contributed by atoms with Gasteiger partial charge in [0.1, 0.15) is 0 Å². The van der Waals surface area contributed by atoms with Gasteiger partial charge in [0.05, 0.1) is 6.61 Å². The molecule has 2 heteroatoms. The molecular weight excluding hydrogens is 138 g/mol. The lowest BCUT2D eigenvalue weighted by atomic mass is 10.2. The summed E-state index contributed by atoms with van der Waals surface area (Å²) in [6, 6.07) is 10.0. The topological polar surface area (TPSA) is 35.2 Å². The Bertz CT molecular complexity index is 218. The Hall–Kier alpha value is -1.12. The van der Waals surface area contributed by atoms with Crippen LogP contribution < -0.4 is 5.90 Å². The highest BCUT2D eigenvalue weighted by atomic mass is 16.6. The second kappa shape index (κ2) is 4.66. The maximum atomic E-state index is 4.84. The molecule has 0 heterocycles. The molecular formula is C9H11NO. The number of benzene rings is 1. The molecule has 0 aliphatic carbocycles. The van der Waals surface area contributed by atoms with Crippen molar-refractivity contribution in [1.82, 2.24) is 0 Å². The predicted octanol–water partition coefficient (Wildman–Crippen LogP) is 1.59. The van der Waals surface area contributed by atoms with E-state index in [1.54, 1.807) is 0 Å². The van der Waals surface area contributed by atoms with Gasteiger partial charge >= 0.3 is 0 Å². The molecule has 0 aliphatic rings. The molecule has 0 saturated carbocycles. The van der Waals surface area contributed by atoms with Gasteiger partial charge in [-0.1, -0.05) is 42.5 Å². The Morgan fingerprint density at radius 3 is 2.64 bits per heavy atom. The molecule has 0 radical (unpaired) electrons. The summed E-state index contributed by atoms with van der Waals surface area (Å²) >= 11 is 0. The van der Waals surface area contributed by atoms with Gasteiger partial charge < -0.3 is 4.84 Å². The molecule has 1 aromatic rings. The normalized spacial score (nSPS) is 10.6. The van der Waals surface area contributed by atoms with E-state index in [1.165, 1.54) is 0 Å². The van der Waals surface area contributed by atoms with Crippen LogP contribution in [0.2, 0.25) is 0 Å². The van der Waals surface area contributed by atoms with Gasteiger partial charge in [-0.05, 0) is 5.56 Å².